The van der Waals surface area contributed by atoms with E-state index in [2.05, 4.69) is 30.7 Å². The second-order valence-electron chi connectivity index (χ2n) is 4.68. The normalized spacial score (nSPS) is 10.9. The molecule has 0 saturated heterocycles. The van der Waals surface area contributed by atoms with Gasteiger partial charge in [0.05, 0.1) is 5.69 Å². The summed E-state index contributed by atoms with van der Waals surface area (Å²) in [5.74, 6) is 0.149. The highest BCUT2D eigenvalue weighted by molar-refractivity contribution is 6.02. The van der Waals surface area contributed by atoms with Crippen LogP contribution in [0.1, 0.15) is 10.5 Å². The van der Waals surface area contributed by atoms with Gasteiger partial charge in [0.25, 0.3) is 5.91 Å². The van der Waals surface area contributed by atoms with Crippen LogP contribution in [0.15, 0.2) is 49.1 Å². The highest BCUT2D eigenvalue weighted by Gasteiger charge is 2.12. The molecule has 1 amide bonds. The zero-order valence-corrected chi connectivity index (χ0v) is 11.3. The number of nitrogens with one attached hydrogen (secondary N) is 3. The Kier molecular flexibility index (Phi) is 2.72. The van der Waals surface area contributed by atoms with Gasteiger partial charge < -0.3 is 9.72 Å². The van der Waals surface area contributed by atoms with Crippen LogP contribution in [0.2, 0.25) is 0 Å². The molecule has 4 heterocycles. The third kappa shape index (κ3) is 2.12. The van der Waals surface area contributed by atoms with E-state index in [0.29, 0.717) is 17.2 Å². The number of pyridine rings is 1. The highest BCUT2D eigenvalue weighted by Crippen LogP contribution is 2.17. The Morgan fingerprint density at radius 1 is 1.05 bits per heavy atom. The van der Waals surface area contributed by atoms with E-state index in [1.54, 1.807) is 29.1 Å². The minimum Gasteiger partial charge on any atom is -0.306 e. The van der Waals surface area contributed by atoms with Crippen LogP contribution in [0.4, 0.5) is 5.82 Å². The van der Waals surface area contributed by atoms with Gasteiger partial charge in [-0.3, -0.25) is 15.0 Å². The molecule has 22 heavy (non-hydrogen) atoms. The lowest BCUT2D eigenvalue weighted by atomic mass is 10.2. The van der Waals surface area contributed by atoms with E-state index in [-0.39, 0.29) is 5.91 Å². The Balaban J connectivity index is 1.67. The molecule has 0 radical (unpaired) electrons. The number of amides is 1. The topological polar surface area (TPSA) is 104 Å². The first-order chi connectivity index (χ1) is 10.8. The van der Waals surface area contributed by atoms with Crippen molar-refractivity contribution in [1.82, 2.24) is 29.8 Å². The summed E-state index contributed by atoms with van der Waals surface area (Å²) >= 11 is 0. The van der Waals surface area contributed by atoms with Crippen LogP contribution in [-0.4, -0.2) is 35.7 Å². The van der Waals surface area contributed by atoms with E-state index in [4.69, 9.17) is 0 Å². The first kappa shape index (κ1) is 12.3. The minimum absolute atomic E-state index is 0.308. The molecule has 3 N–H and O–H groups in total. The maximum atomic E-state index is 12.1. The zero-order chi connectivity index (χ0) is 14.9. The first-order valence-electron chi connectivity index (χ1n) is 6.60. The standard InChI is InChI=1S/C14H11N7O/c22-14(18-12-4-6-16-20-12)11-8-21-7-9(1-2-13(21)17-11)10-3-5-15-19-10/h1-8H,(H,15,19)(H2,16,18,20,22). The molecular formula is C14H11N7O. The summed E-state index contributed by atoms with van der Waals surface area (Å²) in [5, 5.41) is 16.1. The third-order valence-electron chi connectivity index (χ3n) is 3.22. The van der Waals surface area contributed by atoms with Crippen molar-refractivity contribution in [1.29, 1.82) is 0 Å². The molecule has 0 saturated carbocycles. The second-order valence-corrected chi connectivity index (χ2v) is 4.68. The van der Waals surface area contributed by atoms with Crippen LogP contribution in [0.5, 0.6) is 0 Å². The molecule has 0 bridgehead atoms. The van der Waals surface area contributed by atoms with Crippen LogP contribution in [0.25, 0.3) is 16.9 Å². The predicted molar refractivity (Wildman–Crippen MR) is 79.3 cm³/mol. The van der Waals surface area contributed by atoms with Crippen molar-refractivity contribution in [2.45, 2.75) is 0 Å². The van der Waals surface area contributed by atoms with E-state index < -0.39 is 0 Å². The first-order valence-corrected chi connectivity index (χ1v) is 6.60. The summed E-state index contributed by atoms with van der Waals surface area (Å²) in [4.78, 5) is 16.4. The van der Waals surface area contributed by atoms with Crippen LogP contribution in [0, 0.1) is 0 Å². The van der Waals surface area contributed by atoms with Gasteiger partial charge in [-0.1, -0.05) is 0 Å². The van der Waals surface area contributed by atoms with Crippen molar-refractivity contribution in [3.05, 3.63) is 54.7 Å². The fourth-order valence-electron chi connectivity index (χ4n) is 2.18. The van der Waals surface area contributed by atoms with E-state index in [0.717, 1.165) is 11.3 Å². The third-order valence-corrected chi connectivity index (χ3v) is 3.22. The number of carbonyl (C=O) groups excluding carboxylic acids is 1. The Bertz CT molecular complexity index is 922. The van der Waals surface area contributed by atoms with Crippen molar-refractivity contribution < 1.29 is 4.79 Å². The molecule has 8 heteroatoms. The van der Waals surface area contributed by atoms with Crippen LogP contribution in [-0.2, 0) is 0 Å². The predicted octanol–water partition coefficient (Wildman–Crippen LogP) is 1.70. The monoisotopic (exact) mass is 293 g/mol. The summed E-state index contributed by atoms with van der Waals surface area (Å²) in [5.41, 5.74) is 2.78. The minimum atomic E-state index is -0.308. The van der Waals surface area contributed by atoms with Gasteiger partial charge in [0.15, 0.2) is 5.82 Å². The van der Waals surface area contributed by atoms with Gasteiger partial charge in [0.1, 0.15) is 11.3 Å². The molecule has 4 aromatic rings. The van der Waals surface area contributed by atoms with Crippen molar-refractivity contribution in [2.75, 3.05) is 5.32 Å². The maximum absolute atomic E-state index is 12.1. The molecule has 0 spiro atoms. The molecule has 0 aliphatic heterocycles. The van der Waals surface area contributed by atoms with Crippen molar-refractivity contribution in [3.63, 3.8) is 0 Å². The van der Waals surface area contributed by atoms with Gasteiger partial charge in [-0.05, 0) is 18.2 Å². The quantitative estimate of drug-likeness (QED) is 0.534. The average Bonchev–Trinajstić information content (AvgIpc) is 3.27. The van der Waals surface area contributed by atoms with Gasteiger partial charge >= 0.3 is 0 Å². The number of rotatable bonds is 3. The smallest absolute Gasteiger partial charge is 0.277 e. The molecule has 0 aromatic carbocycles. The number of H-pyrrole nitrogens is 2. The largest absolute Gasteiger partial charge is 0.306 e. The molecule has 108 valence electrons. The Labute approximate surface area is 124 Å². The molecule has 0 aliphatic rings. The molecule has 0 fully saturated rings. The van der Waals surface area contributed by atoms with Crippen molar-refractivity contribution in [2.24, 2.45) is 0 Å². The van der Waals surface area contributed by atoms with E-state index in [9.17, 15) is 4.79 Å². The molecule has 0 atom stereocenters. The summed E-state index contributed by atoms with van der Waals surface area (Å²) < 4.78 is 1.80. The maximum Gasteiger partial charge on any atom is 0.277 e. The SMILES string of the molecule is O=C(Nc1cc[nH]n1)c1cn2cc(-c3cc[nH]n3)ccc2n1. The number of nitrogens with zero attached hydrogens (tertiary/aromatic N) is 4. The van der Waals surface area contributed by atoms with Gasteiger partial charge in [-0.2, -0.15) is 10.2 Å². The van der Waals surface area contributed by atoms with Crippen LogP contribution in [0.3, 0.4) is 0 Å². The van der Waals surface area contributed by atoms with Crippen LogP contribution < -0.4 is 5.32 Å². The van der Waals surface area contributed by atoms with E-state index >= 15 is 0 Å². The van der Waals surface area contributed by atoms with E-state index in [1.165, 1.54) is 0 Å². The van der Waals surface area contributed by atoms with Crippen LogP contribution >= 0.6 is 0 Å². The van der Waals surface area contributed by atoms with Gasteiger partial charge in [-0.15, -0.1) is 0 Å². The number of imidazole rings is 1. The number of hydrogen-bond donors (Lipinski definition) is 3. The number of fused-ring (bicyclic) bond motifs is 1. The Morgan fingerprint density at radius 2 is 1.91 bits per heavy atom. The molecular weight excluding hydrogens is 282 g/mol. The molecule has 0 aliphatic carbocycles. The average molecular weight is 293 g/mol. The Hall–Kier alpha value is -3.42. The van der Waals surface area contributed by atoms with Gasteiger partial charge in [-0.25, -0.2) is 4.98 Å². The second kappa shape index (κ2) is 4.85. The van der Waals surface area contributed by atoms with Crippen molar-refractivity contribution in [3.8, 4) is 11.3 Å². The lowest BCUT2D eigenvalue weighted by Crippen LogP contribution is -2.12. The highest BCUT2D eigenvalue weighted by atomic mass is 16.2. The lowest BCUT2D eigenvalue weighted by Gasteiger charge is -1.97. The van der Waals surface area contributed by atoms with E-state index in [1.807, 2.05) is 24.4 Å². The van der Waals surface area contributed by atoms with Gasteiger partial charge in [0, 0.05) is 36.4 Å². The molecule has 4 aromatic heterocycles. The summed E-state index contributed by atoms with van der Waals surface area (Å²) in [7, 11) is 0. The summed E-state index contributed by atoms with van der Waals surface area (Å²) in [6.07, 6.45) is 6.95. The van der Waals surface area contributed by atoms with Crippen molar-refractivity contribution >= 4 is 17.4 Å². The molecule has 4 rings (SSSR count). The fourth-order valence-corrected chi connectivity index (χ4v) is 2.18. The Morgan fingerprint density at radius 3 is 2.68 bits per heavy atom. The molecule has 0 unspecified atom stereocenters. The summed E-state index contributed by atoms with van der Waals surface area (Å²) in [6.45, 7) is 0. The lowest BCUT2D eigenvalue weighted by molar-refractivity contribution is 0.102. The molecule has 8 nitrogen and oxygen atoms in total. The summed E-state index contributed by atoms with van der Waals surface area (Å²) in [6, 6.07) is 7.30. The zero-order valence-electron chi connectivity index (χ0n) is 11.3. The number of aromatic nitrogens is 6. The number of anilines is 1. The number of carbonyl (C=O) groups is 1. The fraction of sp³-hybridized carbons (Fsp3) is 0. The van der Waals surface area contributed by atoms with Gasteiger partial charge in [0.2, 0.25) is 0 Å². The number of aromatic amines is 2. The number of hydrogen-bond acceptors (Lipinski definition) is 4.